The Kier molecular flexibility index (Phi) is 4.75. The van der Waals surface area contributed by atoms with Crippen LogP contribution >= 0.6 is 0 Å². The topological polar surface area (TPSA) is 37.3 Å². The molecule has 2 nitrogen and oxygen atoms in total. The summed E-state index contributed by atoms with van der Waals surface area (Å²) in [6, 6.07) is 26.4. The lowest BCUT2D eigenvalue weighted by Gasteiger charge is -2.37. The van der Waals surface area contributed by atoms with Crippen molar-refractivity contribution < 1.29 is 9.90 Å². The number of carbonyl (C=O) groups excluding carboxylic acids is 1. The Morgan fingerprint density at radius 3 is 1.94 bits per heavy atom. The van der Waals surface area contributed by atoms with Gasteiger partial charge in [0.1, 0.15) is 5.60 Å². The molecule has 0 spiro atoms. The third-order valence-corrected chi connectivity index (χ3v) is 6.69. The number of fused-ring (bicyclic) bond motifs is 3. The number of hydrogen-bond donors (Lipinski definition) is 1. The van der Waals surface area contributed by atoms with Crippen molar-refractivity contribution >= 4 is 16.6 Å². The molecule has 154 valence electrons. The third-order valence-electron chi connectivity index (χ3n) is 6.69. The minimum Gasteiger partial charge on any atom is -0.380 e. The van der Waals surface area contributed by atoms with E-state index in [4.69, 9.17) is 0 Å². The van der Waals surface area contributed by atoms with Gasteiger partial charge in [0.25, 0.3) is 0 Å². The summed E-state index contributed by atoms with van der Waals surface area (Å²) in [5, 5.41) is 14.6. The average molecular weight is 407 g/mol. The van der Waals surface area contributed by atoms with Crippen LogP contribution in [0.3, 0.4) is 0 Å². The van der Waals surface area contributed by atoms with Crippen LogP contribution in [0.15, 0.2) is 78.9 Å². The molecule has 0 aromatic heterocycles. The summed E-state index contributed by atoms with van der Waals surface area (Å²) in [5.74, 6) is 0.0122. The SMILES string of the molecule is CCc1ccc2c(c1)C(=O)c1cc(CC)ccc1C2(O)Cc1cccc2ccccc12. The molecule has 1 N–H and O–H groups in total. The number of aryl methyl sites for hydroxylation is 2. The van der Waals surface area contributed by atoms with Gasteiger partial charge in [0, 0.05) is 17.5 Å². The van der Waals surface area contributed by atoms with Gasteiger partial charge in [-0.05, 0) is 63.6 Å². The number of rotatable bonds is 4. The fourth-order valence-electron chi connectivity index (χ4n) is 4.92. The zero-order chi connectivity index (χ0) is 21.6. The molecule has 1 aliphatic carbocycles. The van der Waals surface area contributed by atoms with E-state index in [9.17, 15) is 9.90 Å². The summed E-state index contributed by atoms with van der Waals surface area (Å²) < 4.78 is 0. The average Bonchev–Trinajstić information content (AvgIpc) is 2.82. The molecule has 5 rings (SSSR count). The largest absolute Gasteiger partial charge is 0.380 e. The van der Waals surface area contributed by atoms with Gasteiger partial charge in [-0.3, -0.25) is 4.79 Å². The van der Waals surface area contributed by atoms with Crippen LogP contribution < -0.4 is 0 Å². The van der Waals surface area contributed by atoms with Crippen LogP contribution in [0, 0.1) is 0 Å². The van der Waals surface area contributed by atoms with Crippen LogP contribution in [-0.4, -0.2) is 10.9 Å². The molecule has 0 bridgehead atoms. The highest BCUT2D eigenvalue weighted by Gasteiger charge is 2.42. The first-order valence-corrected chi connectivity index (χ1v) is 11.1. The molecule has 0 fully saturated rings. The van der Waals surface area contributed by atoms with Gasteiger partial charge in [-0.25, -0.2) is 0 Å². The zero-order valence-electron chi connectivity index (χ0n) is 18.0. The van der Waals surface area contributed by atoms with Gasteiger partial charge in [0.15, 0.2) is 5.78 Å². The summed E-state index contributed by atoms with van der Waals surface area (Å²) in [7, 11) is 0. The van der Waals surface area contributed by atoms with Crippen molar-refractivity contribution in [3.63, 3.8) is 0 Å². The van der Waals surface area contributed by atoms with Crippen molar-refractivity contribution in [2.45, 2.75) is 38.7 Å². The van der Waals surface area contributed by atoms with Crippen molar-refractivity contribution in [1.82, 2.24) is 0 Å². The molecule has 0 atom stereocenters. The smallest absolute Gasteiger partial charge is 0.193 e. The number of aliphatic hydroxyl groups is 1. The Bertz CT molecular complexity index is 1250. The standard InChI is InChI=1S/C29H26O2/c1-3-19-12-14-26-24(16-19)28(30)25-17-20(4-2)13-15-27(25)29(26,31)18-22-10-7-9-21-8-5-6-11-23(21)22/h5-17,31H,3-4,18H2,1-2H3. The van der Waals surface area contributed by atoms with Gasteiger partial charge in [-0.1, -0.05) is 80.6 Å². The fourth-order valence-corrected chi connectivity index (χ4v) is 4.92. The van der Waals surface area contributed by atoms with E-state index >= 15 is 0 Å². The summed E-state index contributed by atoms with van der Waals surface area (Å²) in [4.78, 5) is 13.5. The predicted octanol–water partition coefficient (Wildman–Crippen LogP) is 5.99. The first-order valence-electron chi connectivity index (χ1n) is 11.1. The van der Waals surface area contributed by atoms with E-state index in [0.717, 1.165) is 40.3 Å². The lowest BCUT2D eigenvalue weighted by molar-refractivity contribution is 0.0723. The van der Waals surface area contributed by atoms with Crippen molar-refractivity contribution in [2.24, 2.45) is 0 Å². The number of benzene rings is 4. The fraction of sp³-hybridized carbons (Fsp3) is 0.207. The molecular weight excluding hydrogens is 380 g/mol. The molecule has 4 aromatic carbocycles. The molecule has 0 aliphatic heterocycles. The van der Waals surface area contributed by atoms with E-state index in [1.807, 2.05) is 54.6 Å². The van der Waals surface area contributed by atoms with Crippen LogP contribution in [0.5, 0.6) is 0 Å². The number of carbonyl (C=O) groups is 1. The first kappa shape index (κ1) is 19.7. The Morgan fingerprint density at radius 1 is 0.742 bits per heavy atom. The Balaban J connectivity index is 1.76. The van der Waals surface area contributed by atoms with Crippen molar-refractivity contribution in [3.8, 4) is 0 Å². The minimum absolute atomic E-state index is 0.0122. The van der Waals surface area contributed by atoms with Crippen molar-refractivity contribution in [3.05, 3.63) is 118 Å². The van der Waals surface area contributed by atoms with Crippen molar-refractivity contribution in [1.29, 1.82) is 0 Å². The summed E-state index contributed by atoms with van der Waals surface area (Å²) >= 11 is 0. The van der Waals surface area contributed by atoms with E-state index in [0.29, 0.717) is 28.7 Å². The Labute approximate surface area is 183 Å². The zero-order valence-corrected chi connectivity index (χ0v) is 18.0. The van der Waals surface area contributed by atoms with E-state index in [2.05, 4.69) is 38.1 Å². The molecule has 0 radical (unpaired) electrons. The lowest BCUT2D eigenvalue weighted by Crippen LogP contribution is -2.38. The van der Waals surface area contributed by atoms with Crippen LogP contribution in [0.25, 0.3) is 10.8 Å². The molecular formula is C29H26O2. The Hall–Kier alpha value is -3.23. The minimum atomic E-state index is -1.26. The lowest BCUT2D eigenvalue weighted by atomic mass is 9.70. The maximum Gasteiger partial charge on any atom is 0.193 e. The monoisotopic (exact) mass is 406 g/mol. The molecule has 0 saturated carbocycles. The second-order valence-electron chi connectivity index (χ2n) is 8.47. The molecule has 4 aromatic rings. The molecule has 0 saturated heterocycles. The van der Waals surface area contributed by atoms with E-state index in [1.165, 1.54) is 0 Å². The maximum atomic E-state index is 13.5. The highest BCUT2D eigenvalue weighted by molar-refractivity contribution is 6.13. The van der Waals surface area contributed by atoms with Crippen LogP contribution in [0.1, 0.15) is 57.6 Å². The van der Waals surface area contributed by atoms with Gasteiger partial charge in [0.2, 0.25) is 0 Å². The first-order chi connectivity index (χ1) is 15.0. The predicted molar refractivity (Wildman–Crippen MR) is 126 cm³/mol. The van der Waals surface area contributed by atoms with Gasteiger partial charge in [-0.15, -0.1) is 0 Å². The summed E-state index contributed by atoms with van der Waals surface area (Å²) in [6.07, 6.45) is 2.12. The van der Waals surface area contributed by atoms with Crippen LogP contribution in [0.4, 0.5) is 0 Å². The van der Waals surface area contributed by atoms with Crippen LogP contribution in [-0.2, 0) is 24.9 Å². The number of ketones is 1. The Morgan fingerprint density at radius 2 is 1.32 bits per heavy atom. The normalized spacial score (nSPS) is 14.4. The molecule has 0 amide bonds. The second-order valence-corrected chi connectivity index (χ2v) is 8.47. The van der Waals surface area contributed by atoms with Crippen LogP contribution in [0.2, 0.25) is 0 Å². The maximum absolute atomic E-state index is 13.5. The highest BCUT2D eigenvalue weighted by atomic mass is 16.3. The summed E-state index contributed by atoms with van der Waals surface area (Å²) in [5.41, 5.74) is 4.70. The molecule has 2 heteroatoms. The molecule has 0 unspecified atom stereocenters. The van der Waals surface area contributed by atoms with Gasteiger partial charge in [0.05, 0.1) is 0 Å². The van der Waals surface area contributed by atoms with E-state index in [-0.39, 0.29) is 5.78 Å². The highest BCUT2D eigenvalue weighted by Crippen LogP contribution is 2.43. The third kappa shape index (κ3) is 3.10. The molecule has 31 heavy (non-hydrogen) atoms. The van der Waals surface area contributed by atoms with Crippen molar-refractivity contribution in [2.75, 3.05) is 0 Å². The van der Waals surface area contributed by atoms with E-state index in [1.54, 1.807) is 0 Å². The molecule has 0 heterocycles. The van der Waals surface area contributed by atoms with Gasteiger partial charge < -0.3 is 5.11 Å². The van der Waals surface area contributed by atoms with E-state index < -0.39 is 5.60 Å². The second kappa shape index (κ2) is 7.47. The quantitative estimate of drug-likeness (QED) is 0.452. The number of hydrogen-bond acceptors (Lipinski definition) is 2. The van der Waals surface area contributed by atoms with Gasteiger partial charge >= 0.3 is 0 Å². The summed E-state index contributed by atoms with van der Waals surface area (Å²) in [6.45, 7) is 4.17. The van der Waals surface area contributed by atoms with Gasteiger partial charge in [-0.2, -0.15) is 0 Å². The molecule has 1 aliphatic rings.